The molecule has 0 aliphatic carbocycles. The molecule has 88 valence electrons. The van der Waals surface area contributed by atoms with E-state index < -0.39 is 22.4 Å². The van der Waals surface area contributed by atoms with Gasteiger partial charge >= 0.3 is 6.18 Å². The van der Waals surface area contributed by atoms with Crippen molar-refractivity contribution in [2.45, 2.75) is 12.1 Å². The summed E-state index contributed by atoms with van der Waals surface area (Å²) in [6.07, 6.45) is -4.57. The van der Waals surface area contributed by atoms with Crippen LogP contribution in [0.4, 0.5) is 18.9 Å². The minimum absolute atomic E-state index is 0.179. The van der Waals surface area contributed by atoms with Crippen molar-refractivity contribution in [2.24, 2.45) is 0 Å². The third kappa shape index (κ3) is 2.46. The van der Waals surface area contributed by atoms with Crippen LogP contribution in [0.3, 0.4) is 0 Å². The van der Waals surface area contributed by atoms with Crippen LogP contribution in [0.1, 0.15) is 11.1 Å². The maximum Gasteiger partial charge on any atom is 0.417 e. The molecule has 0 radical (unpaired) electrons. The van der Waals surface area contributed by atoms with Crippen molar-refractivity contribution < 1.29 is 18.1 Å². The average molecular weight is 318 g/mol. The Morgan fingerprint density at radius 2 is 2.00 bits per heavy atom. The van der Waals surface area contributed by atoms with Gasteiger partial charge in [-0.05, 0) is 22.0 Å². The monoisotopic (exact) mass is 317 g/mol. The number of benzene rings is 1. The van der Waals surface area contributed by atoms with Crippen molar-refractivity contribution >= 4 is 33.2 Å². The van der Waals surface area contributed by atoms with Crippen molar-refractivity contribution in [1.29, 1.82) is 0 Å². The fourth-order valence-corrected chi connectivity index (χ4v) is 2.26. The molecule has 0 aliphatic heterocycles. The molecule has 0 fully saturated rings. The lowest BCUT2D eigenvalue weighted by Gasteiger charge is -2.11. The molecule has 0 N–H and O–H groups in total. The van der Waals surface area contributed by atoms with Gasteiger partial charge in [0.15, 0.2) is 0 Å². The second-order valence-corrected chi connectivity index (χ2v) is 3.87. The molecule has 0 heterocycles. The Kier molecular flexibility index (Phi) is 3.80. The van der Waals surface area contributed by atoms with E-state index in [0.717, 1.165) is 6.07 Å². The Morgan fingerprint density at radius 1 is 1.44 bits per heavy atom. The SMILES string of the molecule is O=[N+]([O-])c1ccc(C(F)(F)F)c(Br)c1CCl. The minimum atomic E-state index is -4.57. The molecule has 0 spiro atoms. The summed E-state index contributed by atoms with van der Waals surface area (Å²) < 4.78 is 37.0. The summed E-state index contributed by atoms with van der Waals surface area (Å²) >= 11 is 8.09. The van der Waals surface area contributed by atoms with Crippen LogP contribution in [0, 0.1) is 10.1 Å². The molecule has 16 heavy (non-hydrogen) atoms. The van der Waals surface area contributed by atoms with Crippen LogP contribution in [0.5, 0.6) is 0 Å². The lowest BCUT2D eigenvalue weighted by Crippen LogP contribution is -2.08. The van der Waals surface area contributed by atoms with Crippen molar-refractivity contribution in [1.82, 2.24) is 0 Å². The largest absolute Gasteiger partial charge is 0.417 e. The number of rotatable bonds is 2. The van der Waals surface area contributed by atoms with Gasteiger partial charge in [-0.25, -0.2) is 0 Å². The van der Waals surface area contributed by atoms with E-state index in [1.54, 1.807) is 0 Å². The summed E-state index contributed by atoms with van der Waals surface area (Å²) in [6, 6.07) is 1.45. The molecule has 8 heteroatoms. The lowest BCUT2D eigenvalue weighted by atomic mass is 10.1. The molecule has 1 rings (SSSR count). The molecular formula is C8H4BrClF3NO2. The molecule has 0 unspecified atom stereocenters. The van der Waals surface area contributed by atoms with E-state index in [2.05, 4.69) is 15.9 Å². The average Bonchev–Trinajstić information content (AvgIpc) is 2.14. The van der Waals surface area contributed by atoms with E-state index >= 15 is 0 Å². The topological polar surface area (TPSA) is 43.1 Å². The number of nitrogens with zero attached hydrogens (tertiary/aromatic N) is 1. The Balaban J connectivity index is 3.46. The number of halogens is 5. The zero-order valence-corrected chi connectivity index (χ0v) is 9.86. The van der Waals surface area contributed by atoms with Crippen LogP contribution in [0.2, 0.25) is 0 Å². The highest BCUT2D eigenvalue weighted by Gasteiger charge is 2.35. The third-order valence-corrected chi connectivity index (χ3v) is 3.03. The number of hydrogen-bond donors (Lipinski definition) is 0. The van der Waals surface area contributed by atoms with Crippen LogP contribution < -0.4 is 0 Å². The van der Waals surface area contributed by atoms with Crippen LogP contribution >= 0.6 is 27.5 Å². The van der Waals surface area contributed by atoms with E-state index in [4.69, 9.17) is 11.6 Å². The van der Waals surface area contributed by atoms with Crippen molar-refractivity contribution in [3.63, 3.8) is 0 Å². The molecule has 0 aromatic heterocycles. The lowest BCUT2D eigenvalue weighted by molar-refractivity contribution is -0.385. The van der Waals surface area contributed by atoms with Crippen LogP contribution in [0.25, 0.3) is 0 Å². The van der Waals surface area contributed by atoms with Gasteiger partial charge in [0.25, 0.3) is 5.69 Å². The molecular weight excluding hydrogens is 314 g/mol. The van der Waals surface area contributed by atoms with Gasteiger partial charge in [0.1, 0.15) is 0 Å². The molecule has 0 amide bonds. The maximum absolute atomic E-state index is 12.5. The summed E-state index contributed by atoms with van der Waals surface area (Å²) in [6.45, 7) is 0. The molecule has 0 aliphatic rings. The number of nitro benzene ring substituents is 1. The first-order valence-corrected chi connectivity index (χ1v) is 5.20. The Morgan fingerprint density at radius 3 is 2.38 bits per heavy atom. The van der Waals surface area contributed by atoms with Crippen molar-refractivity contribution in [3.8, 4) is 0 Å². The van der Waals surface area contributed by atoms with E-state index in [1.165, 1.54) is 0 Å². The molecule has 0 bridgehead atoms. The fourth-order valence-electron chi connectivity index (χ4n) is 1.13. The van der Waals surface area contributed by atoms with Gasteiger partial charge < -0.3 is 0 Å². The van der Waals surface area contributed by atoms with Crippen LogP contribution in [-0.4, -0.2) is 4.92 Å². The fraction of sp³-hybridized carbons (Fsp3) is 0.250. The summed E-state index contributed by atoms with van der Waals surface area (Å²) in [4.78, 5) is 9.76. The van der Waals surface area contributed by atoms with E-state index in [-0.39, 0.29) is 15.9 Å². The second-order valence-electron chi connectivity index (χ2n) is 2.81. The summed E-state index contributed by atoms with van der Waals surface area (Å²) in [7, 11) is 0. The van der Waals surface area contributed by atoms with Crippen molar-refractivity contribution in [3.05, 3.63) is 37.8 Å². The molecule has 0 atom stereocenters. The zero-order chi connectivity index (χ0) is 12.5. The quantitative estimate of drug-likeness (QED) is 0.468. The molecule has 0 saturated carbocycles. The highest BCUT2D eigenvalue weighted by atomic mass is 79.9. The van der Waals surface area contributed by atoms with Gasteiger partial charge in [-0.1, -0.05) is 0 Å². The minimum Gasteiger partial charge on any atom is -0.258 e. The van der Waals surface area contributed by atoms with E-state index in [1.807, 2.05) is 0 Å². The van der Waals surface area contributed by atoms with E-state index in [9.17, 15) is 23.3 Å². The molecule has 0 saturated heterocycles. The van der Waals surface area contributed by atoms with Gasteiger partial charge in [-0.3, -0.25) is 10.1 Å². The number of hydrogen-bond acceptors (Lipinski definition) is 2. The predicted molar refractivity (Wildman–Crippen MR) is 55.4 cm³/mol. The second kappa shape index (κ2) is 4.58. The first-order chi connectivity index (χ1) is 7.29. The Bertz CT molecular complexity index is 436. The van der Waals surface area contributed by atoms with Crippen LogP contribution in [0.15, 0.2) is 16.6 Å². The van der Waals surface area contributed by atoms with Gasteiger partial charge in [0, 0.05) is 10.5 Å². The summed E-state index contributed by atoms with van der Waals surface area (Å²) in [5, 5.41) is 10.5. The summed E-state index contributed by atoms with van der Waals surface area (Å²) in [5.74, 6) is -0.374. The van der Waals surface area contributed by atoms with Crippen molar-refractivity contribution in [2.75, 3.05) is 0 Å². The molecule has 1 aromatic carbocycles. The number of alkyl halides is 4. The van der Waals surface area contributed by atoms with Gasteiger partial charge in [0.05, 0.1) is 21.9 Å². The Labute approximate surface area is 101 Å². The Hall–Kier alpha value is -0.820. The zero-order valence-electron chi connectivity index (χ0n) is 7.52. The van der Waals surface area contributed by atoms with Gasteiger partial charge in [-0.2, -0.15) is 13.2 Å². The smallest absolute Gasteiger partial charge is 0.258 e. The van der Waals surface area contributed by atoms with Crippen LogP contribution in [-0.2, 0) is 12.1 Å². The predicted octanol–water partition coefficient (Wildman–Crippen LogP) is 4.11. The normalized spacial score (nSPS) is 11.6. The van der Waals surface area contributed by atoms with Gasteiger partial charge in [-0.15, -0.1) is 11.6 Å². The standard InChI is InChI=1S/C8H4BrClF3NO2/c9-7-4(3-10)6(14(15)16)2-1-5(7)8(11,12)13/h1-2H,3H2. The first-order valence-electron chi connectivity index (χ1n) is 3.88. The highest BCUT2D eigenvalue weighted by molar-refractivity contribution is 9.10. The van der Waals surface area contributed by atoms with Gasteiger partial charge in [0.2, 0.25) is 0 Å². The van der Waals surface area contributed by atoms with E-state index in [0.29, 0.717) is 6.07 Å². The first kappa shape index (κ1) is 13.2. The molecule has 3 nitrogen and oxygen atoms in total. The highest BCUT2D eigenvalue weighted by Crippen LogP contribution is 2.40. The maximum atomic E-state index is 12.5. The number of nitro groups is 1. The summed E-state index contributed by atoms with van der Waals surface area (Å²) in [5.41, 5.74) is -1.59. The third-order valence-electron chi connectivity index (χ3n) is 1.85. The molecule has 1 aromatic rings.